The number of halogens is 2. The van der Waals surface area contributed by atoms with E-state index in [-0.39, 0.29) is 0 Å². The molecule has 0 aromatic heterocycles. The number of hydrogen-bond acceptors (Lipinski definition) is 1. The van der Waals surface area contributed by atoms with Crippen LogP contribution in [0, 0.1) is 0 Å². The van der Waals surface area contributed by atoms with E-state index < -0.39 is 5.97 Å². The first kappa shape index (κ1) is 17.0. The molecule has 2 aromatic carbocycles. The molecule has 4 rings (SSSR count). The second kappa shape index (κ2) is 6.40. The molecule has 2 bridgehead atoms. The average Bonchev–Trinajstić information content (AvgIpc) is 3.20. The molecule has 2 aromatic rings. The summed E-state index contributed by atoms with van der Waals surface area (Å²) in [7, 11) is 0. The Kier molecular flexibility index (Phi) is 4.37. The number of fused-ring (bicyclic) bond motifs is 5. The SMILES string of the molecule is CC(=Cc1ccc(C(=O)O)cc1)c1cc(Br)c2c(c1Br)C1CCC2C1. The summed E-state index contributed by atoms with van der Waals surface area (Å²) in [6.07, 6.45) is 6.01. The van der Waals surface area contributed by atoms with Gasteiger partial charge in [-0.2, -0.15) is 0 Å². The number of benzene rings is 2. The van der Waals surface area contributed by atoms with E-state index in [1.165, 1.54) is 50.5 Å². The fraction of sp³-hybridized carbons (Fsp3) is 0.286. The number of rotatable bonds is 3. The second-order valence-electron chi connectivity index (χ2n) is 7.01. The van der Waals surface area contributed by atoms with Crippen molar-refractivity contribution in [3.63, 3.8) is 0 Å². The lowest BCUT2D eigenvalue weighted by Crippen LogP contribution is -2.02. The van der Waals surface area contributed by atoms with Crippen LogP contribution in [0.2, 0.25) is 0 Å². The maximum Gasteiger partial charge on any atom is 0.335 e. The van der Waals surface area contributed by atoms with Crippen LogP contribution in [0.1, 0.15) is 70.6 Å². The van der Waals surface area contributed by atoms with Gasteiger partial charge in [0.15, 0.2) is 0 Å². The zero-order chi connectivity index (χ0) is 17.7. The van der Waals surface area contributed by atoms with Gasteiger partial charge in [-0.05, 0) is 100.0 Å². The van der Waals surface area contributed by atoms with Gasteiger partial charge in [-0.15, -0.1) is 0 Å². The Balaban J connectivity index is 1.73. The van der Waals surface area contributed by atoms with Crippen LogP contribution in [-0.4, -0.2) is 11.1 Å². The first-order chi connectivity index (χ1) is 12.0. The van der Waals surface area contributed by atoms with Crippen molar-refractivity contribution >= 4 is 49.5 Å². The summed E-state index contributed by atoms with van der Waals surface area (Å²) in [6, 6.07) is 9.22. The van der Waals surface area contributed by atoms with Crippen molar-refractivity contribution in [2.24, 2.45) is 0 Å². The van der Waals surface area contributed by atoms with E-state index in [2.05, 4.69) is 50.9 Å². The van der Waals surface area contributed by atoms with Crippen molar-refractivity contribution in [3.05, 3.63) is 67.1 Å². The van der Waals surface area contributed by atoms with Gasteiger partial charge in [0.2, 0.25) is 0 Å². The standard InChI is InChI=1S/C21H18Br2O2/c1-11(8-12-2-4-13(5-3-12)21(24)25)16-10-17(22)18-14-6-7-15(9-14)19(18)20(16)23/h2-5,8,10,14-15H,6-7,9H2,1H3,(H,24,25). The summed E-state index contributed by atoms with van der Waals surface area (Å²) in [4.78, 5) is 11.0. The molecule has 2 atom stereocenters. The van der Waals surface area contributed by atoms with E-state index in [1.54, 1.807) is 12.1 Å². The summed E-state index contributed by atoms with van der Waals surface area (Å²) in [5.74, 6) is 0.508. The molecule has 0 heterocycles. The van der Waals surface area contributed by atoms with Gasteiger partial charge in [-0.1, -0.05) is 34.1 Å². The third-order valence-corrected chi connectivity index (χ3v) is 7.02. The Morgan fingerprint density at radius 2 is 1.76 bits per heavy atom. The molecular weight excluding hydrogens is 444 g/mol. The van der Waals surface area contributed by atoms with Crippen LogP contribution in [0.3, 0.4) is 0 Å². The normalized spacial score (nSPS) is 21.5. The van der Waals surface area contributed by atoms with E-state index in [9.17, 15) is 4.79 Å². The van der Waals surface area contributed by atoms with Gasteiger partial charge in [0, 0.05) is 8.95 Å². The summed E-state index contributed by atoms with van der Waals surface area (Å²) < 4.78 is 2.45. The van der Waals surface area contributed by atoms with Crippen LogP contribution >= 0.6 is 31.9 Å². The maximum atomic E-state index is 11.0. The quantitative estimate of drug-likeness (QED) is 0.508. The van der Waals surface area contributed by atoms with E-state index >= 15 is 0 Å². The third-order valence-electron chi connectivity index (χ3n) is 5.51. The Hall–Kier alpha value is -1.39. The van der Waals surface area contributed by atoms with Crippen LogP contribution in [0.25, 0.3) is 11.6 Å². The molecule has 0 saturated heterocycles. The van der Waals surface area contributed by atoms with E-state index in [1.807, 2.05) is 12.1 Å². The van der Waals surface area contributed by atoms with Gasteiger partial charge in [0.05, 0.1) is 5.56 Å². The van der Waals surface area contributed by atoms with Crippen molar-refractivity contribution in [1.82, 2.24) is 0 Å². The molecule has 2 unspecified atom stereocenters. The van der Waals surface area contributed by atoms with E-state index in [4.69, 9.17) is 5.11 Å². The molecule has 25 heavy (non-hydrogen) atoms. The summed E-state index contributed by atoms with van der Waals surface area (Å²) in [6.45, 7) is 2.11. The Morgan fingerprint density at radius 1 is 1.12 bits per heavy atom. The van der Waals surface area contributed by atoms with Crippen LogP contribution in [0.15, 0.2) is 39.3 Å². The van der Waals surface area contributed by atoms with E-state index in [0.29, 0.717) is 17.4 Å². The van der Waals surface area contributed by atoms with Gasteiger partial charge < -0.3 is 5.11 Å². The minimum Gasteiger partial charge on any atom is -0.478 e. The third kappa shape index (κ3) is 2.89. The number of hydrogen-bond donors (Lipinski definition) is 1. The number of carboxylic acids is 1. The highest BCUT2D eigenvalue weighted by molar-refractivity contribution is 9.11. The molecule has 4 heteroatoms. The van der Waals surface area contributed by atoms with Gasteiger partial charge in [0.25, 0.3) is 0 Å². The van der Waals surface area contributed by atoms with Crippen molar-refractivity contribution in [2.45, 2.75) is 38.0 Å². The lowest BCUT2D eigenvalue weighted by molar-refractivity contribution is 0.0697. The molecule has 0 radical (unpaired) electrons. The second-order valence-corrected chi connectivity index (χ2v) is 8.66. The largest absolute Gasteiger partial charge is 0.478 e. The zero-order valence-corrected chi connectivity index (χ0v) is 17.0. The minimum absolute atomic E-state index is 0.312. The van der Waals surface area contributed by atoms with E-state index in [0.717, 1.165) is 5.56 Å². The molecule has 0 amide bonds. The van der Waals surface area contributed by atoms with Crippen molar-refractivity contribution in [1.29, 1.82) is 0 Å². The van der Waals surface area contributed by atoms with Gasteiger partial charge in [-0.3, -0.25) is 0 Å². The van der Waals surface area contributed by atoms with Gasteiger partial charge >= 0.3 is 5.97 Å². The Labute approximate surface area is 164 Å². The fourth-order valence-corrected chi connectivity index (χ4v) is 6.05. The monoisotopic (exact) mass is 460 g/mol. The van der Waals surface area contributed by atoms with Crippen molar-refractivity contribution in [3.8, 4) is 0 Å². The molecule has 128 valence electrons. The molecule has 1 N–H and O–H groups in total. The van der Waals surface area contributed by atoms with Crippen LogP contribution in [-0.2, 0) is 0 Å². The molecular formula is C21H18Br2O2. The number of allylic oxidation sites excluding steroid dienone is 1. The number of carboxylic acid groups (broad SMARTS) is 1. The molecule has 0 spiro atoms. The lowest BCUT2D eigenvalue weighted by Gasteiger charge is -2.21. The maximum absolute atomic E-state index is 11.0. The predicted octanol–water partition coefficient (Wildman–Crippen LogP) is 6.84. The first-order valence-corrected chi connectivity index (χ1v) is 10.1. The van der Waals surface area contributed by atoms with Crippen LogP contribution in [0.4, 0.5) is 0 Å². The topological polar surface area (TPSA) is 37.3 Å². The Bertz CT molecular complexity index is 897. The molecule has 0 aliphatic heterocycles. The summed E-state index contributed by atoms with van der Waals surface area (Å²) in [5.41, 5.74) is 6.70. The molecule has 2 aliphatic carbocycles. The highest BCUT2D eigenvalue weighted by atomic mass is 79.9. The fourth-order valence-electron chi connectivity index (χ4n) is 4.32. The highest BCUT2D eigenvalue weighted by Gasteiger charge is 2.40. The van der Waals surface area contributed by atoms with Crippen LogP contribution in [0.5, 0.6) is 0 Å². The van der Waals surface area contributed by atoms with Crippen molar-refractivity contribution in [2.75, 3.05) is 0 Å². The Morgan fingerprint density at radius 3 is 2.40 bits per heavy atom. The van der Waals surface area contributed by atoms with Crippen LogP contribution < -0.4 is 0 Å². The minimum atomic E-state index is -0.896. The smallest absolute Gasteiger partial charge is 0.335 e. The number of carbonyl (C=O) groups is 1. The number of aromatic carboxylic acids is 1. The molecule has 1 fully saturated rings. The summed E-state index contributed by atoms with van der Waals surface area (Å²) >= 11 is 7.67. The van der Waals surface area contributed by atoms with Gasteiger partial charge in [-0.25, -0.2) is 4.79 Å². The molecule has 2 aliphatic rings. The zero-order valence-electron chi connectivity index (χ0n) is 13.9. The highest BCUT2D eigenvalue weighted by Crippen LogP contribution is 2.58. The molecule has 2 nitrogen and oxygen atoms in total. The predicted molar refractivity (Wildman–Crippen MR) is 108 cm³/mol. The van der Waals surface area contributed by atoms with Crippen molar-refractivity contribution < 1.29 is 9.90 Å². The average molecular weight is 462 g/mol. The summed E-state index contributed by atoms with van der Waals surface area (Å²) in [5, 5.41) is 9.02. The first-order valence-electron chi connectivity index (χ1n) is 8.49. The van der Waals surface area contributed by atoms with Gasteiger partial charge in [0.1, 0.15) is 0 Å². The molecule has 1 saturated carbocycles. The lowest BCUT2D eigenvalue weighted by atomic mass is 9.89.